The number of imide groups is 1. The van der Waals surface area contributed by atoms with Crippen LogP contribution in [0, 0.1) is 5.92 Å². The van der Waals surface area contributed by atoms with Crippen LogP contribution in [-0.2, 0) is 9.59 Å². The maximum absolute atomic E-state index is 12.1. The molecule has 138 valence electrons. The van der Waals surface area contributed by atoms with Crippen molar-refractivity contribution in [2.24, 2.45) is 5.92 Å². The molecule has 1 aromatic rings. The third kappa shape index (κ3) is 4.66. The van der Waals surface area contributed by atoms with Crippen LogP contribution in [0.3, 0.4) is 0 Å². The molecule has 0 spiro atoms. The van der Waals surface area contributed by atoms with Crippen LogP contribution in [0.4, 0.5) is 4.79 Å². The summed E-state index contributed by atoms with van der Waals surface area (Å²) < 4.78 is 10.7. The Morgan fingerprint density at radius 3 is 2.69 bits per heavy atom. The van der Waals surface area contributed by atoms with E-state index >= 15 is 0 Å². The Morgan fingerprint density at radius 2 is 2.04 bits per heavy atom. The first-order valence-electron chi connectivity index (χ1n) is 8.68. The van der Waals surface area contributed by atoms with Crippen LogP contribution in [0.5, 0.6) is 11.5 Å². The summed E-state index contributed by atoms with van der Waals surface area (Å²) in [5.41, 5.74) is 0.681. The predicted molar refractivity (Wildman–Crippen MR) is 98.9 cm³/mol. The van der Waals surface area contributed by atoms with Crippen molar-refractivity contribution in [2.45, 2.75) is 38.5 Å². The second-order valence-corrected chi connectivity index (χ2v) is 7.44. The number of thioether (sulfide) groups is 1. The van der Waals surface area contributed by atoms with Crippen LogP contribution >= 0.6 is 11.8 Å². The van der Waals surface area contributed by atoms with Crippen LogP contribution in [0.15, 0.2) is 23.1 Å². The van der Waals surface area contributed by atoms with Crippen molar-refractivity contribution >= 4 is 35.0 Å². The van der Waals surface area contributed by atoms with E-state index in [-0.39, 0.29) is 11.2 Å². The van der Waals surface area contributed by atoms with Crippen LogP contribution < -0.4 is 14.8 Å². The maximum Gasteiger partial charge on any atom is 0.311 e. The summed E-state index contributed by atoms with van der Waals surface area (Å²) in [4.78, 5) is 35.2. The van der Waals surface area contributed by atoms with Crippen molar-refractivity contribution in [3.63, 3.8) is 0 Å². The Balaban J connectivity index is 1.64. The Hall–Kier alpha value is -2.28. The van der Waals surface area contributed by atoms with Crippen LogP contribution in [-0.4, -0.2) is 24.2 Å². The summed E-state index contributed by atoms with van der Waals surface area (Å²) in [5, 5.41) is 1.82. The van der Waals surface area contributed by atoms with Gasteiger partial charge in [-0.15, -0.1) is 0 Å². The zero-order valence-corrected chi connectivity index (χ0v) is 15.4. The quantitative estimate of drug-likeness (QED) is 0.461. The smallest absolute Gasteiger partial charge is 0.311 e. The van der Waals surface area contributed by atoms with Gasteiger partial charge < -0.3 is 9.47 Å². The number of benzene rings is 1. The van der Waals surface area contributed by atoms with Gasteiger partial charge in [0.2, 0.25) is 0 Å². The van der Waals surface area contributed by atoms with Gasteiger partial charge in [-0.05, 0) is 47.9 Å². The highest BCUT2D eigenvalue weighted by Crippen LogP contribution is 2.32. The number of ether oxygens (including phenoxy) is 2. The second kappa shape index (κ2) is 8.40. The maximum atomic E-state index is 12.1. The van der Waals surface area contributed by atoms with Crippen molar-refractivity contribution in [3.8, 4) is 11.5 Å². The fourth-order valence-corrected chi connectivity index (χ4v) is 3.91. The minimum absolute atomic E-state index is 0.266. The topological polar surface area (TPSA) is 81.7 Å². The first kappa shape index (κ1) is 18.5. The molecule has 2 fully saturated rings. The van der Waals surface area contributed by atoms with Gasteiger partial charge in [0.15, 0.2) is 11.5 Å². The summed E-state index contributed by atoms with van der Waals surface area (Å²) in [5.74, 6) is 0.712. The first-order valence-corrected chi connectivity index (χ1v) is 9.50. The number of rotatable bonds is 6. The molecule has 0 unspecified atom stereocenters. The molecular formula is C19H21NO5S. The minimum Gasteiger partial charge on any atom is -0.493 e. The molecule has 3 rings (SSSR count). The number of nitrogens with one attached hydrogen (secondary N) is 1. The Bertz CT molecular complexity index is 752. The lowest BCUT2D eigenvalue weighted by atomic mass is 10.0. The second-order valence-electron chi connectivity index (χ2n) is 6.43. The molecule has 1 saturated carbocycles. The standard InChI is InChI=1S/C19H21NO5S/c1-24-15-10-13(11-16-18(22)20-19(23)26-16)6-8-14(15)25-17(21)9-7-12-4-2-3-5-12/h6,8,10-12H,2-5,7,9H2,1H3,(H,20,22,23). The average Bonchev–Trinajstić information content (AvgIpc) is 3.24. The molecule has 1 saturated heterocycles. The van der Waals surface area contributed by atoms with Gasteiger partial charge >= 0.3 is 5.97 Å². The molecule has 1 aliphatic heterocycles. The zero-order valence-electron chi connectivity index (χ0n) is 14.6. The molecule has 1 N–H and O–H groups in total. The molecule has 0 atom stereocenters. The molecule has 1 aromatic carbocycles. The average molecular weight is 375 g/mol. The van der Waals surface area contributed by atoms with Gasteiger partial charge in [-0.2, -0.15) is 0 Å². The highest BCUT2D eigenvalue weighted by atomic mass is 32.2. The van der Waals surface area contributed by atoms with Crippen LogP contribution in [0.25, 0.3) is 6.08 Å². The van der Waals surface area contributed by atoms with Gasteiger partial charge in [0.05, 0.1) is 12.0 Å². The van der Waals surface area contributed by atoms with Crippen LogP contribution in [0.2, 0.25) is 0 Å². The summed E-state index contributed by atoms with van der Waals surface area (Å²) in [6, 6.07) is 5.02. The lowest BCUT2D eigenvalue weighted by Gasteiger charge is -2.11. The number of hydrogen-bond donors (Lipinski definition) is 1. The molecule has 0 aromatic heterocycles. The highest BCUT2D eigenvalue weighted by molar-refractivity contribution is 8.18. The molecule has 1 heterocycles. The molecule has 1 aliphatic carbocycles. The van der Waals surface area contributed by atoms with Gasteiger partial charge in [0.25, 0.3) is 11.1 Å². The lowest BCUT2D eigenvalue weighted by Crippen LogP contribution is -2.17. The van der Waals surface area contributed by atoms with E-state index in [1.807, 2.05) is 0 Å². The van der Waals surface area contributed by atoms with E-state index in [2.05, 4.69) is 5.32 Å². The zero-order chi connectivity index (χ0) is 18.5. The molecule has 0 bridgehead atoms. The van der Waals surface area contributed by atoms with Crippen molar-refractivity contribution in [3.05, 3.63) is 28.7 Å². The third-order valence-corrected chi connectivity index (χ3v) is 5.39. The number of methoxy groups -OCH3 is 1. The molecule has 7 heteroatoms. The summed E-state index contributed by atoms with van der Waals surface area (Å²) >= 11 is 0.851. The van der Waals surface area contributed by atoms with E-state index in [0.717, 1.165) is 18.2 Å². The van der Waals surface area contributed by atoms with Gasteiger partial charge in [-0.25, -0.2) is 0 Å². The van der Waals surface area contributed by atoms with Crippen LogP contribution in [0.1, 0.15) is 44.1 Å². The molecule has 6 nitrogen and oxygen atoms in total. The van der Waals surface area contributed by atoms with Crippen molar-refractivity contribution in [1.82, 2.24) is 5.32 Å². The Labute approximate surface area is 156 Å². The van der Waals surface area contributed by atoms with Gasteiger partial charge in [-0.1, -0.05) is 31.7 Å². The molecule has 0 radical (unpaired) electrons. The van der Waals surface area contributed by atoms with Gasteiger partial charge in [-0.3, -0.25) is 19.7 Å². The summed E-state index contributed by atoms with van der Waals surface area (Å²) in [6.07, 6.45) is 7.78. The Morgan fingerprint density at radius 1 is 1.27 bits per heavy atom. The van der Waals surface area contributed by atoms with E-state index < -0.39 is 5.91 Å². The van der Waals surface area contributed by atoms with Gasteiger partial charge in [0.1, 0.15) is 0 Å². The molecule has 2 amide bonds. The number of amides is 2. The number of esters is 1. The number of hydrogen-bond acceptors (Lipinski definition) is 6. The van der Waals surface area contributed by atoms with Crippen molar-refractivity contribution < 1.29 is 23.9 Å². The van der Waals surface area contributed by atoms with E-state index in [9.17, 15) is 14.4 Å². The first-order chi connectivity index (χ1) is 12.5. The Kier molecular flexibility index (Phi) is 5.98. The fourth-order valence-electron chi connectivity index (χ4n) is 3.23. The van der Waals surface area contributed by atoms with Crippen molar-refractivity contribution in [2.75, 3.05) is 7.11 Å². The van der Waals surface area contributed by atoms with E-state index in [4.69, 9.17) is 9.47 Å². The third-order valence-electron chi connectivity index (χ3n) is 4.58. The van der Waals surface area contributed by atoms with Crippen molar-refractivity contribution in [1.29, 1.82) is 0 Å². The molecule has 2 aliphatic rings. The number of carbonyl (C=O) groups is 3. The molecule has 26 heavy (non-hydrogen) atoms. The highest BCUT2D eigenvalue weighted by Gasteiger charge is 2.25. The summed E-state index contributed by atoms with van der Waals surface area (Å²) in [6.45, 7) is 0. The fraction of sp³-hybridized carbons (Fsp3) is 0.421. The monoisotopic (exact) mass is 375 g/mol. The predicted octanol–water partition coefficient (Wildman–Crippen LogP) is 3.89. The normalized spacial score (nSPS) is 19.0. The van der Waals surface area contributed by atoms with Gasteiger partial charge in [0, 0.05) is 6.42 Å². The van der Waals surface area contributed by atoms with E-state index in [1.54, 1.807) is 24.3 Å². The number of carbonyl (C=O) groups excluding carboxylic acids is 3. The molecular weight excluding hydrogens is 354 g/mol. The largest absolute Gasteiger partial charge is 0.493 e. The van der Waals surface area contributed by atoms with E-state index in [1.165, 1.54) is 32.8 Å². The van der Waals surface area contributed by atoms with E-state index in [0.29, 0.717) is 34.3 Å². The summed E-state index contributed by atoms with van der Waals surface area (Å²) in [7, 11) is 1.49. The SMILES string of the molecule is COc1cc(C=C2SC(=O)NC2=O)ccc1OC(=O)CCC1CCCC1. The minimum atomic E-state index is -0.415. The lowest BCUT2D eigenvalue weighted by molar-refractivity contribution is -0.134.